The highest BCUT2D eigenvalue weighted by molar-refractivity contribution is 7.98. The number of aromatic nitrogens is 2. The molecular formula is C15H18N4O3S2. The zero-order chi connectivity index (χ0) is 17.5. The third-order valence-electron chi connectivity index (χ3n) is 3.33. The molecule has 0 unspecified atom stereocenters. The van der Waals surface area contributed by atoms with Gasteiger partial charge in [-0.3, -0.25) is 20.2 Å². The number of hydrogen-bond donors (Lipinski definition) is 1. The summed E-state index contributed by atoms with van der Waals surface area (Å²) in [5.74, 6) is -0.547. The second-order valence-electron chi connectivity index (χ2n) is 5.05. The Labute approximate surface area is 148 Å². The minimum Gasteiger partial charge on any atom is -0.296 e. The molecule has 0 fully saturated rings. The van der Waals surface area contributed by atoms with Crippen LogP contribution in [0.4, 0.5) is 10.8 Å². The molecule has 0 saturated heterocycles. The fraction of sp³-hybridized carbons (Fsp3) is 0.400. The van der Waals surface area contributed by atoms with Crippen molar-refractivity contribution in [2.24, 2.45) is 0 Å². The molecule has 2 rings (SSSR count). The van der Waals surface area contributed by atoms with Crippen molar-refractivity contribution in [2.45, 2.75) is 37.5 Å². The van der Waals surface area contributed by atoms with Gasteiger partial charge >= 0.3 is 0 Å². The quantitative estimate of drug-likeness (QED) is 0.326. The number of nitrogens with one attached hydrogen (secondary N) is 1. The second-order valence-corrected chi connectivity index (χ2v) is 6.99. The van der Waals surface area contributed by atoms with E-state index in [4.69, 9.17) is 0 Å². The number of nitro groups is 1. The van der Waals surface area contributed by atoms with Crippen LogP contribution in [0.5, 0.6) is 0 Å². The first-order valence-electron chi connectivity index (χ1n) is 7.51. The van der Waals surface area contributed by atoms with Crippen LogP contribution in [-0.4, -0.2) is 27.3 Å². The van der Waals surface area contributed by atoms with Crippen LogP contribution in [0.15, 0.2) is 23.1 Å². The van der Waals surface area contributed by atoms with E-state index in [-0.39, 0.29) is 11.3 Å². The Morgan fingerprint density at radius 3 is 2.83 bits per heavy atom. The molecule has 128 valence electrons. The Hall–Kier alpha value is -2.00. The van der Waals surface area contributed by atoms with Gasteiger partial charge in [0, 0.05) is 17.4 Å². The van der Waals surface area contributed by atoms with Gasteiger partial charge < -0.3 is 0 Å². The van der Waals surface area contributed by atoms with Crippen molar-refractivity contribution in [3.05, 3.63) is 38.9 Å². The van der Waals surface area contributed by atoms with Gasteiger partial charge in [0.15, 0.2) is 0 Å². The number of thioether (sulfide) groups is 1. The maximum absolute atomic E-state index is 12.4. The summed E-state index contributed by atoms with van der Waals surface area (Å²) < 4.78 is 0. The maximum atomic E-state index is 12.4. The predicted molar refractivity (Wildman–Crippen MR) is 96.0 cm³/mol. The lowest BCUT2D eigenvalue weighted by molar-refractivity contribution is -0.385. The molecule has 0 spiro atoms. The van der Waals surface area contributed by atoms with E-state index in [1.165, 1.54) is 35.2 Å². The molecule has 0 atom stereocenters. The molecule has 1 aromatic heterocycles. The lowest BCUT2D eigenvalue weighted by Crippen LogP contribution is -2.14. The van der Waals surface area contributed by atoms with Crippen LogP contribution in [0.2, 0.25) is 0 Å². The molecule has 0 saturated carbocycles. The SMILES string of the molecule is CCCCCc1nnc(NC(=O)c2cc(SC)ccc2[N+](=O)[O-])s1. The number of amides is 1. The van der Waals surface area contributed by atoms with Crippen molar-refractivity contribution in [1.82, 2.24) is 10.2 Å². The number of carbonyl (C=O) groups is 1. The molecule has 7 nitrogen and oxygen atoms in total. The summed E-state index contributed by atoms with van der Waals surface area (Å²) in [6.45, 7) is 2.13. The van der Waals surface area contributed by atoms with Crippen LogP contribution in [0.25, 0.3) is 0 Å². The highest BCUT2D eigenvalue weighted by atomic mass is 32.2. The van der Waals surface area contributed by atoms with Crippen molar-refractivity contribution in [3.8, 4) is 0 Å². The van der Waals surface area contributed by atoms with Gasteiger partial charge in [-0.05, 0) is 24.8 Å². The number of nitro benzene ring substituents is 1. The van der Waals surface area contributed by atoms with E-state index in [9.17, 15) is 14.9 Å². The van der Waals surface area contributed by atoms with Gasteiger partial charge in [-0.2, -0.15) is 0 Å². The van der Waals surface area contributed by atoms with Crippen LogP contribution in [0.3, 0.4) is 0 Å². The predicted octanol–water partition coefficient (Wildman–Crippen LogP) is 4.15. The molecular weight excluding hydrogens is 348 g/mol. The van der Waals surface area contributed by atoms with E-state index < -0.39 is 10.8 Å². The van der Waals surface area contributed by atoms with Gasteiger partial charge in [0.1, 0.15) is 10.6 Å². The van der Waals surface area contributed by atoms with Crippen LogP contribution < -0.4 is 5.32 Å². The molecule has 0 aliphatic heterocycles. The summed E-state index contributed by atoms with van der Waals surface area (Å²) in [5.41, 5.74) is -0.201. The minimum absolute atomic E-state index is 0.0228. The number of carbonyl (C=O) groups excluding carboxylic acids is 1. The molecule has 1 heterocycles. The summed E-state index contributed by atoms with van der Waals surface area (Å²) in [5, 5.41) is 22.9. The minimum atomic E-state index is -0.560. The number of unbranched alkanes of at least 4 members (excludes halogenated alkanes) is 2. The zero-order valence-electron chi connectivity index (χ0n) is 13.4. The van der Waals surface area contributed by atoms with Gasteiger partial charge in [0.05, 0.1) is 4.92 Å². The standard InChI is InChI=1S/C15H18N4O3S2/c1-3-4-5-6-13-17-18-15(24-13)16-14(20)11-9-10(23-2)7-8-12(11)19(21)22/h7-9H,3-6H2,1-2H3,(H,16,18,20). The summed E-state index contributed by atoms with van der Waals surface area (Å²) in [4.78, 5) is 23.7. The molecule has 0 aliphatic carbocycles. The van der Waals surface area contributed by atoms with E-state index in [0.717, 1.165) is 35.6 Å². The fourth-order valence-electron chi connectivity index (χ4n) is 2.08. The van der Waals surface area contributed by atoms with Crippen LogP contribution in [0, 0.1) is 10.1 Å². The number of nitrogens with zero attached hydrogens (tertiary/aromatic N) is 3. The Balaban J connectivity index is 2.13. The average molecular weight is 366 g/mol. The lowest BCUT2D eigenvalue weighted by Gasteiger charge is -2.04. The smallest absolute Gasteiger partial charge is 0.282 e. The monoisotopic (exact) mass is 366 g/mol. The Morgan fingerprint density at radius 1 is 1.38 bits per heavy atom. The van der Waals surface area contributed by atoms with Crippen LogP contribution in [-0.2, 0) is 6.42 Å². The molecule has 9 heteroatoms. The fourth-order valence-corrected chi connectivity index (χ4v) is 3.30. The van der Waals surface area contributed by atoms with Crippen molar-refractivity contribution in [3.63, 3.8) is 0 Å². The number of aryl methyl sites for hydroxylation is 1. The summed E-state index contributed by atoms with van der Waals surface area (Å²) in [6, 6.07) is 4.48. The average Bonchev–Trinajstić information content (AvgIpc) is 3.01. The Kier molecular flexibility index (Phi) is 6.68. The zero-order valence-corrected chi connectivity index (χ0v) is 15.1. The molecule has 1 N–H and O–H groups in total. The van der Waals surface area contributed by atoms with Gasteiger partial charge in [-0.15, -0.1) is 22.0 Å². The molecule has 0 radical (unpaired) electrons. The van der Waals surface area contributed by atoms with Crippen molar-refractivity contribution in [2.75, 3.05) is 11.6 Å². The van der Waals surface area contributed by atoms with Gasteiger partial charge in [0.25, 0.3) is 11.6 Å². The third kappa shape index (κ3) is 4.75. The first-order valence-corrected chi connectivity index (χ1v) is 9.55. The topological polar surface area (TPSA) is 98.0 Å². The van der Waals surface area contributed by atoms with Crippen molar-refractivity contribution in [1.29, 1.82) is 0 Å². The molecule has 1 amide bonds. The first kappa shape index (κ1) is 18.3. The van der Waals surface area contributed by atoms with Gasteiger partial charge in [-0.25, -0.2) is 0 Å². The van der Waals surface area contributed by atoms with Crippen molar-refractivity contribution >= 4 is 39.8 Å². The van der Waals surface area contributed by atoms with Crippen LogP contribution in [0.1, 0.15) is 41.6 Å². The highest BCUT2D eigenvalue weighted by Gasteiger charge is 2.21. The molecule has 0 bridgehead atoms. The maximum Gasteiger partial charge on any atom is 0.282 e. The number of benzene rings is 1. The highest BCUT2D eigenvalue weighted by Crippen LogP contribution is 2.26. The molecule has 24 heavy (non-hydrogen) atoms. The molecule has 0 aliphatic rings. The number of anilines is 1. The lowest BCUT2D eigenvalue weighted by atomic mass is 10.1. The number of rotatable bonds is 8. The van der Waals surface area contributed by atoms with Gasteiger partial charge in [-0.1, -0.05) is 31.1 Å². The van der Waals surface area contributed by atoms with E-state index >= 15 is 0 Å². The number of hydrogen-bond acceptors (Lipinski definition) is 7. The van der Waals surface area contributed by atoms with Crippen molar-refractivity contribution < 1.29 is 9.72 Å². The van der Waals surface area contributed by atoms with Gasteiger partial charge in [0.2, 0.25) is 5.13 Å². The van der Waals surface area contributed by atoms with E-state index in [1.807, 2.05) is 6.26 Å². The van der Waals surface area contributed by atoms with E-state index in [2.05, 4.69) is 22.4 Å². The summed E-state index contributed by atoms with van der Waals surface area (Å²) in [6.07, 6.45) is 5.94. The van der Waals surface area contributed by atoms with E-state index in [0.29, 0.717) is 5.13 Å². The first-order chi connectivity index (χ1) is 11.5. The summed E-state index contributed by atoms with van der Waals surface area (Å²) in [7, 11) is 0. The molecule has 1 aromatic carbocycles. The largest absolute Gasteiger partial charge is 0.296 e. The third-order valence-corrected chi connectivity index (χ3v) is 4.95. The summed E-state index contributed by atoms with van der Waals surface area (Å²) >= 11 is 2.72. The second kappa shape index (κ2) is 8.74. The van der Waals surface area contributed by atoms with Crippen LogP contribution >= 0.6 is 23.1 Å². The Bertz CT molecular complexity index is 733. The molecule has 2 aromatic rings. The van der Waals surface area contributed by atoms with E-state index in [1.54, 1.807) is 6.07 Å². The Morgan fingerprint density at radius 2 is 2.17 bits per heavy atom. The normalized spacial score (nSPS) is 10.6.